The van der Waals surface area contributed by atoms with Gasteiger partial charge in [0.2, 0.25) is 5.91 Å². The molecule has 132 valence electrons. The minimum absolute atomic E-state index is 0.199. The van der Waals surface area contributed by atoms with E-state index in [4.69, 9.17) is 0 Å². The summed E-state index contributed by atoms with van der Waals surface area (Å²) in [6.45, 7) is 0. The lowest BCUT2D eigenvalue weighted by molar-refractivity contribution is -0.121. The molecule has 2 aromatic carbocycles. The number of para-hydroxylation sites is 1. The van der Waals surface area contributed by atoms with Crippen LogP contribution in [0.15, 0.2) is 67.0 Å². The summed E-state index contributed by atoms with van der Waals surface area (Å²) in [6.07, 6.45) is 4.26. The Balaban J connectivity index is 1.46. The van der Waals surface area contributed by atoms with E-state index in [9.17, 15) is 14.0 Å². The number of halogens is 1. The van der Waals surface area contributed by atoms with Gasteiger partial charge in [-0.3, -0.25) is 20.4 Å². The fourth-order valence-corrected chi connectivity index (χ4v) is 2.33. The Hall–Kier alpha value is -3.48. The van der Waals surface area contributed by atoms with Crippen molar-refractivity contribution in [3.05, 3.63) is 83.9 Å². The molecule has 0 aliphatic carbocycles. The molecule has 0 unspecified atom stereocenters. The van der Waals surface area contributed by atoms with Crippen LogP contribution >= 0.6 is 0 Å². The second-order valence-corrected chi connectivity index (χ2v) is 5.64. The van der Waals surface area contributed by atoms with Crippen LogP contribution in [0.4, 0.5) is 4.39 Å². The highest BCUT2D eigenvalue weighted by Crippen LogP contribution is 2.09. The molecule has 26 heavy (non-hydrogen) atoms. The Morgan fingerprint density at radius 3 is 2.46 bits per heavy atom. The van der Waals surface area contributed by atoms with E-state index in [1.54, 1.807) is 10.9 Å². The van der Waals surface area contributed by atoms with Crippen molar-refractivity contribution in [2.24, 2.45) is 0 Å². The smallest absolute Gasteiger partial charge is 0.269 e. The number of rotatable bonds is 5. The molecule has 0 bridgehead atoms. The van der Waals surface area contributed by atoms with Gasteiger partial charge in [0.25, 0.3) is 5.91 Å². The Labute approximate surface area is 149 Å². The molecule has 0 saturated heterocycles. The highest BCUT2D eigenvalue weighted by atomic mass is 19.1. The van der Waals surface area contributed by atoms with E-state index in [1.165, 1.54) is 24.3 Å². The minimum Gasteiger partial charge on any atom is -0.273 e. The lowest BCUT2D eigenvalue weighted by Gasteiger charge is -2.07. The molecule has 0 fully saturated rings. The Morgan fingerprint density at radius 1 is 1.00 bits per heavy atom. The first-order valence-corrected chi connectivity index (χ1v) is 8.05. The van der Waals surface area contributed by atoms with E-state index in [0.29, 0.717) is 6.42 Å². The summed E-state index contributed by atoms with van der Waals surface area (Å²) >= 11 is 0. The number of carbonyl (C=O) groups is 2. The quantitative estimate of drug-likeness (QED) is 0.693. The highest BCUT2D eigenvalue weighted by molar-refractivity contribution is 5.95. The zero-order valence-electron chi connectivity index (χ0n) is 13.9. The van der Waals surface area contributed by atoms with Crippen molar-refractivity contribution in [2.45, 2.75) is 12.8 Å². The molecular formula is C19H17FN4O2. The van der Waals surface area contributed by atoms with Gasteiger partial charge in [0.1, 0.15) is 5.82 Å². The maximum Gasteiger partial charge on any atom is 0.269 e. The molecule has 1 aromatic heterocycles. The molecule has 0 radical (unpaired) electrons. The third-order valence-electron chi connectivity index (χ3n) is 3.72. The molecule has 1 heterocycles. The minimum atomic E-state index is -0.504. The zero-order valence-corrected chi connectivity index (χ0v) is 13.9. The predicted octanol–water partition coefficient (Wildman–Crippen LogP) is 2.41. The summed E-state index contributed by atoms with van der Waals surface area (Å²) in [5, 5.41) is 4.27. The average Bonchev–Trinajstić information content (AvgIpc) is 3.15. The van der Waals surface area contributed by atoms with Crippen molar-refractivity contribution < 1.29 is 14.0 Å². The number of aromatic nitrogens is 2. The second-order valence-electron chi connectivity index (χ2n) is 5.64. The molecule has 2 amide bonds. The molecular weight excluding hydrogens is 335 g/mol. The van der Waals surface area contributed by atoms with Crippen LogP contribution in [0.2, 0.25) is 0 Å². The van der Waals surface area contributed by atoms with Crippen LogP contribution in [0.25, 0.3) is 5.69 Å². The molecule has 0 aliphatic heterocycles. The maximum atomic E-state index is 12.8. The summed E-state index contributed by atoms with van der Waals surface area (Å²) in [6, 6.07) is 14.7. The van der Waals surface area contributed by atoms with Crippen molar-refractivity contribution in [1.82, 2.24) is 20.6 Å². The number of benzene rings is 2. The van der Waals surface area contributed by atoms with Gasteiger partial charge in [0.05, 0.1) is 11.9 Å². The van der Waals surface area contributed by atoms with E-state index in [1.807, 2.05) is 36.5 Å². The van der Waals surface area contributed by atoms with Crippen LogP contribution in [0.3, 0.4) is 0 Å². The van der Waals surface area contributed by atoms with Gasteiger partial charge in [-0.2, -0.15) is 5.10 Å². The first kappa shape index (κ1) is 17.3. The second kappa shape index (κ2) is 8.06. The number of carbonyl (C=O) groups excluding carboxylic acids is 2. The van der Waals surface area contributed by atoms with Gasteiger partial charge < -0.3 is 0 Å². The SMILES string of the molecule is O=C(CCc1cnn(-c2ccccc2)c1)NNC(=O)c1ccc(F)cc1. The van der Waals surface area contributed by atoms with Crippen LogP contribution < -0.4 is 10.9 Å². The Bertz CT molecular complexity index is 891. The number of hydrogen-bond acceptors (Lipinski definition) is 3. The van der Waals surface area contributed by atoms with Crippen molar-refractivity contribution in [2.75, 3.05) is 0 Å². The van der Waals surface area contributed by atoms with Crippen LogP contribution in [-0.4, -0.2) is 21.6 Å². The third-order valence-corrected chi connectivity index (χ3v) is 3.72. The van der Waals surface area contributed by atoms with Gasteiger partial charge in [-0.05, 0) is 48.4 Å². The fraction of sp³-hybridized carbons (Fsp3) is 0.105. The van der Waals surface area contributed by atoms with E-state index in [2.05, 4.69) is 16.0 Å². The largest absolute Gasteiger partial charge is 0.273 e. The van der Waals surface area contributed by atoms with E-state index in [0.717, 1.165) is 11.3 Å². The van der Waals surface area contributed by atoms with Gasteiger partial charge >= 0.3 is 0 Å². The molecule has 0 spiro atoms. The van der Waals surface area contributed by atoms with E-state index >= 15 is 0 Å². The number of amides is 2. The number of hydrazine groups is 1. The predicted molar refractivity (Wildman–Crippen MR) is 93.9 cm³/mol. The molecule has 7 heteroatoms. The van der Waals surface area contributed by atoms with Crippen LogP contribution in [-0.2, 0) is 11.2 Å². The molecule has 6 nitrogen and oxygen atoms in total. The first-order chi connectivity index (χ1) is 12.6. The summed E-state index contributed by atoms with van der Waals surface area (Å²) in [7, 11) is 0. The Morgan fingerprint density at radius 2 is 1.73 bits per heavy atom. The summed E-state index contributed by atoms with van der Waals surface area (Å²) < 4.78 is 14.6. The summed E-state index contributed by atoms with van der Waals surface area (Å²) in [4.78, 5) is 23.7. The summed E-state index contributed by atoms with van der Waals surface area (Å²) in [5.74, 6) is -1.26. The molecule has 0 aliphatic rings. The summed E-state index contributed by atoms with van der Waals surface area (Å²) in [5.41, 5.74) is 6.76. The number of aryl methyl sites for hydroxylation is 1. The normalized spacial score (nSPS) is 10.3. The molecule has 3 rings (SSSR count). The van der Waals surface area contributed by atoms with Crippen molar-refractivity contribution in [3.63, 3.8) is 0 Å². The van der Waals surface area contributed by atoms with Gasteiger partial charge in [0.15, 0.2) is 0 Å². The van der Waals surface area contributed by atoms with Crippen LogP contribution in [0.1, 0.15) is 22.3 Å². The fourth-order valence-electron chi connectivity index (χ4n) is 2.33. The van der Waals surface area contributed by atoms with Crippen molar-refractivity contribution in [1.29, 1.82) is 0 Å². The first-order valence-electron chi connectivity index (χ1n) is 8.05. The number of nitrogens with one attached hydrogen (secondary N) is 2. The lowest BCUT2D eigenvalue weighted by Crippen LogP contribution is -2.41. The third kappa shape index (κ3) is 4.54. The van der Waals surface area contributed by atoms with Crippen molar-refractivity contribution >= 4 is 11.8 Å². The molecule has 3 aromatic rings. The monoisotopic (exact) mass is 352 g/mol. The highest BCUT2D eigenvalue weighted by Gasteiger charge is 2.08. The van der Waals surface area contributed by atoms with Gasteiger partial charge in [-0.25, -0.2) is 9.07 Å². The number of nitrogens with zero attached hydrogens (tertiary/aromatic N) is 2. The van der Waals surface area contributed by atoms with E-state index in [-0.39, 0.29) is 17.9 Å². The molecule has 0 atom stereocenters. The van der Waals surface area contributed by atoms with E-state index < -0.39 is 11.7 Å². The van der Waals surface area contributed by atoms with Gasteiger partial charge in [0, 0.05) is 18.2 Å². The molecule has 0 saturated carbocycles. The average molecular weight is 352 g/mol. The standard InChI is InChI=1S/C19H17FN4O2/c20-16-9-7-15(8-10-16)19(26)23-22-18(25)11-6-14-12-21-24(13-14)17-4-2-1-3-5-17/h1-5,7-10,12-13H,6,11H2,(H,22,25)(H,23,26). The lowest BCUT2D eigenvalue weighted by atomic mass is 10.2. The van der Waals surface area contributed by atoms with Crippen molar-refractivity contribution in [3.8, 4) is 5.69 Å². The maximum absolute atomic E-state index is 12.8. The van der Waals surface area contributed by atoms with Gasteiger partial charge in [-0.1, -0.05) is 18.2 Å². The zero-order chi connectivity index (χ0) is 18.4. The molecule has 2 N–H and O–H groups in total. The topological polar surface area (TPSA) is 76.0 Å². The van der Waals surface area contributed by atoms with Crippen LogP contribution in [0.5, 0.6) is 0 Å². The number of hydrogen-bond donors (Lipinski definition) is 2. The Kier molecular flexibility index (Phi) is 5.38. The van der Waals surface area contributed by atoms with Crippen LogP contribution in [0, 0.1) is 5.82 Å². The van der Waals surface area contributed by atoms with Gasteiger partial charge in [-0.15, -0.1) is 0 Å².